The predicted molar refractivity (Wildman–Crippen MR) is 183 cm³/mol. The second-order valence-electron chi connectivity index (χ2n) is 16.7. The van der Waals surface area contributed by atoms with Crippen LogP contribution in [0.2, 0.25) is 0 Å². The number of hydrogen-bond acceptors (Lipinski definition) is 8. The number of alkyl halides is 2. The number of nitrogens with one attached hydrogen (secondary N) is 2. The summed E-state index contributed by atoms with van der Waals surface area (Å²) in [6.45, 7) is 8.19. The van der Waals surface area contributed by atoms with Crippen molar-refractivity contribution in [2.75, 3.05) is 49.2 Å². The Morgan fingerprint density at radius 3 is 2.14 bits per heavy atom. The van der Waals surface area contributed by atoms with Crippen LogP contribution in [0.4, 0.5) is 20.4 Å². The second-order valence-corrected chi connectivity index (χ2v) is 16.7. The molecule has 50 heavy (non-hydrogen) atoms. The Bertz CT molecular complexity index is 1700. The van der Waals surface area contributed by atoms with Crippen LogP contribution in [0.5, 0.6) is 0 Å². The van der Waals surface area contributed by atoms with Crippen LogP contribution in [0.1, 0.15) is 114 Å². The van der Waals surface area contributed by atoms with Crippen LogP contribution >= 0.6 is 0 Å². The fourth-order valence-corrected chi connectivity index (χ4v) is 9.33. The number of pyridine rings is 2. The molecule has 2 saturated heterocycles. The summed E-state index contributed by atoms with van der Waals surface area (Å²) in [4.78, 5) is 40.5. The Morgan fingerprint density at radius 2 is 1.52 bits per heavy atom. The minimum absolute atomic E-state index is 0.0645. The van der Waals surface area contributed by atoms with Crippen LogP contribution < -0.4 is 20.4 Å². The molecule has 2 bridgehead atoms. The molecule has 2 N–H and O–H groups in total. The maximum absolute atomic E-state index is 13.7. The third-order valence-corrected chi connectivity index (χ3v) is 12.9. The van der Waals surface area contributed by atoms with Crippen molar-refractivity contribution in [3.63, 3.8) is 0 Å². The van der Waals surface area contributed by atoms with Gasteiger partial charge in [0.2, 0.25) is 0 Å². The number of anilines is 2. The van der Waals surface area contributed by atoms with Gasteiger partial charge in [-0.3, -0.25) is 9.59 Å². The van der Waals surface area contributed by atoms with E-state index in [0.717, 1.165) is 85.4 Å². The molecule has 2 aromatic heterocycles. The number of amides is 2. The van der Waals surface area contributed by atoms with Crippen LogP contribution in [-0.4, -0.2) is 79.3 Å². The molecule has 2 atom stereocenters. The van der Waals surface area contributed by atoms with E-state index in [1.54, 1.807) is 6.92 Å². The van der Waals surface area contributed by atoms with Gasteiger partial charge in [-0.05, 0) is 99.3 Å². The second kappa shape index (κ2) is 11.8. The van der Waals surface area contributed by atoms with Gasteiger partial charge in [-0.15, -0.1) is 0 Å². The summed E-state index contributed by atoms with van der Waals surface area (Å²) in [5.41, 5.74) is 4.20. The standard InChI is InChI=1S/C38H48F2N6O4/c1-22-13-28-31(44-32(22)45-9-5-26(6-10-45)50-21-37-15-23(16-37)17-37)29(43-35(28)48)4-3-24-14-27-30(18-41-34(27)47)42-33(24)46-11-7-25(8-12-46)49-20-36(2)19-38(36,39)40/h13-14,23,25-26,29H,3-12,15-21H2,1-2H3,(H,41,47)(H,43,48). The molecule has 0 radical (unpaired) electrons. The largest absolute Gasteiger partial charge is 0.378 e. The zero-order chi connectivity index (χ0) is 34.4. The van der Waals surface area contributed by atoms with Crippen molar-refractivity contribution in [2.45, 2.75) is 109 Å². The molecule has 268 valence electrons. The summed E-state index contributed by atoms with van der Waals surface area (Å²) in [6, 6.07) is 3.70. The Balaban J connectivity index is 0.867. The summed E-state index contributed by atoms with van der Waals surface area (Å²) in [5.74, 6) is -0.0733. The number of rotatable bonds is 11. The number of aromatic nitrogens is 2. The number of aryl methyl sites for hydroxylation is 2. The number of piperidine rings is 2. The maximum atomic E-state index is 13.7. The van der Waals surface area contributed by atoms with Crippen molar-refractivity contribution in [1.82, 2.24) is 20.6 Å². The van der Waals surface area contributed by atoms with Crippen molar-refractivity contribution in [3.8, 4) is 0 Å². The van der Waals surface area contributed by atoms with E-state index in [2.05, 4.69) is 20.4 Å². The predicted octanol–water partition coefficient (Wildman–Crippen LogP) is 5.26. The molecular weight excluding hydrogens is 642 g/mol. The van der Waals surface area contributed by atoms with Crippen LogP contribution in [0.3, 0.4) is 0 Å². The Labute approximate surface area is 292 Å². The van der Waals surface area contributed by atoms with Gasteiger partial charge in [-0.2, -0.15) is 0 Å². The van der Waals surface area contributed by atoms with Crippen LogP contribution in [0.15, 0.2) is 12.1 Å². The number of ether oxygens (including phenoxy) is 2. The molecule has 6 heterocycles. The zero-order valence-electron chi connectivity index (χ0n) is 29.2. The monoisotopic (exact) mass is 690 g/mol. The van der Waals surface area contributed by atoms with Crippen LogP contribution in [0, 0.1) is 23.7 Å². The highest BCUT2D eigenvalue weighted by atomic mass is 19.3. The van der Waals surface area contributed by atoms with Gasteiger partial charge in [0.15, 0.2) is 0 Å². The van der Waals surface area contributed by atoms with Crippen molar-refractivity contribution < 1.29 is 27.8 Å². The Morgan fingerprint density at radius 1 is 0.880 bits per heavy atom. The molecule has 10 nitrogen and oxygen atoms in total. The maximum Gasteiger partial charge on any atom is 0.256 e. The van der Waals surface area contributed by atoms with Crippen molar-refractivity contribution >= 4 is 23.5 Å². The zero-order valence-corrected chi connectivity index (χ0v) is 29.2. The van der Waals surface area contributed by atoms with Gasteiger partial charge in [0, 0.05) is 32.6 Å². The Hall–Kier alpha value is -3.38. The first-order valence-electron chi connectivity index (χ1n) is 18.7. The Kier molecular flexibility index (Phi) is 7.70. The fraction of sp³-hybridized carbons (Fsp3) is 0.684. The smallest absolute Gasteiger partial charge is 0.256 e. The van der Waals surface area contributed by atoms with Crippen molar-refractivity contribution in [3.05, 3.63) is 45.8 Å². The van der Waals surface area contributed by atoms with E-state index in [1.165, 1.54) is 19.3 Å². The quantitative estimate of drug-likeness (QED) is 0.329. The molecule has 4 aliphatic carbocycles. The normalized spacial score (nSPS) is 31.1. The molecule has 6 fully saturated rings. The third-order valence-electron chi connectivity index (χ3n) is 12.9. The first kappa shape index (κ1) is 32.5. The van der Waals surface area contributed by atoms with E-state index in [4.69, 9.17) is 19.4 Å². The molecule has 0 aromatic carbocycles. The van der Waals surface area contributed by atoms with Crippen LogP contribution in [0.25, 0.3) is 0 Å². The summed E-state index contributed by atoms with van der Waals surface area (Å²) >= 11 is 0. The highest BCUT2D eigenvalue weighted by Gasteiger charge is 2.68. The molecule has 2 unspecified atom stereocenters. The number of fused-ring (bicyclic) bond motifs is 2. The average Bonchev–Trinajstić information content (AvgIpc) is 3.27. The van der Waals surface area contributed by atoms with Gasteiger partial charge in [-0.1, -0.05) is 6.92 Å². The minimum atomic E-state index is -2.63. The number of carbonyl (C=O) groups excluding carboxylic acids is 2. The average molecular weight is 691 g/mol. The molecule has 2 amide bonds. The molecule has 12 heteroatoms. The first-order chi connectivity index (χ1) is 24.0. The van der Waals surface area contributed by atoms with E-state index in [9.17, 15) is 18.4 Å². The molecule has 4 aliphatic heterocycles. The van der Waals surface area contributed by atoms with Gasteiger partial charge >= 0.3 is 0 Å². The summed E-state index contributed by atoms with van der Waals surface area (Å²) in [6.07, 6.45) is 8.85. The molecule has 8 aliphatic rings. The number of halogens is 2. The highest BCUT2D eigenvalue weighted by Crippen LogP contribution is 2.64. The lowest BCUT2D eigenvalue weighted by atomic mass is 9.45. The summed E-state index contributed by atoms with van der Waals surface area (Å²) in [7, 11) is 0. The van der Waals surface area contributed by atoms with E-state index in [-0.39, 0.29) is 37.0 Å². The lowest BCUT2D eigenvalue weighted by molar-refractivity contribution is -0.168. The summed E-state index contributed by atoms with van der Waals surface area (Å²) < 4.78 is 39.8. The molecule has 10 rings (SSSR count). The highest BCUT2D eigenvalue weighted by molar-refractivity contribution is 5.99. The van der Waals surface area contributed by atoms with Crippen molar-refractivity contribution in [1.29, 1.82) is 0 Å². The fourth-order valence-electron chi connectivity index (χ4n) is 9.33. The lowest BCUT2D eigenvalue weighted by Gasteiger charge is -2.62. The number of nitrogens with zero attached hydrogens (tertiary/aromatic N) is 4. The van der Waals surface area contributed by atoms with E-state index < -0.39 is 11.3 Å². The molecule has 0 spiro atoms. The first-order valence-corrected chi connectivity index (χ1v) is 18.7. The van der Waals surface area contributed by atoms with E-state index in [1.807, 2.05) is 19.1 Å². The molecule has 4 saturated carbocycles. The minimum Gasteiger partial charge on any atom is -0.378 e. The number of carbonyl (C=O) groups is 2. The van der Waals surface area contributed by atoms with Gasteiger partial charge in [0.1, 0.15) is 11.6 Å². The molecular formula is C38H48F2N6O4. The van der Waals surface area contributed by atoms with Crippen LogP contribution in [-0.2, 0) is 22.4 Å². The topological polar surface area (TPSA) is 109 Å². The SMILES string of the molecule is Cc1cc2c(nc1N1CCC(OCC34CC(C3)C4)CC1)C(CCc1cc3c(nc1N1CCC(OCC4(C)CC4(F)F)CC1)CNC3=O)NC2=O. The lowest BCUT2D eigenvalue weighted by Crippen LogP contribution is -2.55. The van der Waals surface area contributed by atoms with Gasteiger partial charge < -0.3 is 29.9 Å². The van der Waals surface area contributed by atoms with Gasteiger partial charge in [0.05, 0.1) is 65.9 Å². The third kappa shape index (κ3) is 5.65. The van der Waals surface area contributed by atoms with E-state index >= 15 is 0 Å². The summed E-state index contributed by atoms with van der Waals surface area (Å²) in [5, 5.41) is 6.07. The van der Waals surface area contributed by atoms with Gasteiger partial charge in [0.25, 0.3) is 17.7 Å². The van der Waals surface area contributed by atoms with Crippen molar-refractivity contribution in [2.24, 2.45) is 16.7 Å². The molecule has 2 aromatic rings. The van der Waals surface area contributed by atoms with Gasteiger partial charge in [-0.25, -0.2) is 18.7 Å². The van der Waals surface area contributed by atoms with E-state index in [0.29, 0.717) is 55.1 Å². The number of hydrogen-bond donors (Lipinski definition) is 2.